The number of hydrogen-bond donors (Lipinski definition) is 1. The summed E-state index contributed by atoms with van der Waals surface area (Å²) in [6, 6.07) is 12.4. The first-order valence-electron chi connectivity index (χ1n) is 7.00. The summed E-state index contributed by atoms with van der Waals surface area (Å²) in [5.41, 5.74) is 0.940. The number of benzene rings is 2. The molecule has 0 aromatic heterocycles. The molecule has 0 saturated heterocycles. The summed E-state index contributed by atoms with van der Waals surface area (Å²) in [6.07, 6.45) is 1.06. The van der Waals surface area contributed by atoms with Crippen LogP contribution >= 0.6 is 27.5 Å². The third-order valence-electron chi connectivity index (χ3n) is 3.30. The first-order chi connectivity index (χ1) is 11.2. The minimum Gasteiger partial charge on any atom is -0.323 e. The van der Waals surface area contributed by atoms with Gasteiger partial charge >= 0.3 is 0 Å². The van der Waals surface area contributed by atoms with Gasteiger partial charge in [-0.15, -0.1) is 0 Å². The predicted molar refractivity (Wildman–Crippen MR) is 101 cm³/mol. The zero-order chi connectivity index (χ0) is 17.9. The van der Waals surface area contributed by atoms with Crippen LogP contribution in [0, 0.1) is 0 Å². The van der Waals surface area contributed by atoms with Gasteiger partial charge in [0.1, 0.15) is 6.04 Å². The Bertz CT molecular complexity index is 841. The van der Waals surface area contributed by atoms with E-state index in [0.717, 1.165) is 10.6 Å². The SMILES string of the molecule is C[C@@H](C(=O)Nc1ccccc1Br)N(c1ccc(Cl)cc1)S(C)(=O)=O. The van der Waals surface area contributed by atoms with E-state index in [9.17, 15) is 13.2 Å². The van der Waals surface area contributed by atoms with Gasteiger partial charge in [0.2, 0.25) is 15.9 Å². The highest BCUT2D eigenvalue weighted by atomic mass is 79.9. The van der Waals surface area contributed by atoms with Gasteiger partial charge in [0.15, 0.2) is 0 Å². The third kappa shape index (κ3) is 4.49. The second-order valence-corrected chi connectivity index (χ2v) is 8.33. The van der Waals surface area contributed by atoms with Crippen LogP contribution in [-0.2, 0) is 14.8 Å². The summed E-state index contributed by atoms with van der Waals surface area (Å²) in [5.74, 6) is -0.442. The predicted octanol–water partition coefficient (Wildman–Crippen LogP) is 3.90. The summed E-state index contributed by atoms with van der Waals surface area (Å²) >= 11 is 9.19. The van der Waals surface area contributed by atoms with Crippen molar-refractivity contribution >= 4 is 54.8 Å². The summed E-state index contributed by atoms with van der Waals surface area (Å²) in [5, 5.41) is 3.21. The highest BCUT2D eigenvalue weighted by molar-refractivity contribution is 9.10. The smallest absolute Gasteiger partial charge is 0.248 e. The van der Waals surface area contributed by atoms with Crippen molar-refractivity contribution in [1.82, 2.24) is 0 Å². The van der Waals surface area contributed by atoms with Gasteiger partial charge in [-0.05, 0) is 59.3 Å². The molecular weight excluding hydrogens is 416 g/mol. The van der Waals surface area contributed by atoms with Crippen molar-refractivity contribution in [2.45, 2.75) is 13.0 Å². The molecule has 5 nitrogen and oxygen atoms in total. The van der Waals surface area contributed by atoms with E-state index in [-0.39, 0.29) is 0 Å². The fourth-order valence-corrected chi connectivity index (χ4v) is 3.88. The van der Waals surface area contributed by atoms with Gasteiger partial charge in [-0.1, -0.05) is 23.7 Å². The summed E-state index contributed by atoms with van der Waals surface area (Å²) in [6.45, 7) is 1.53. The Balaban J connectivity index is 2.31. The fourth-order valence-electron chi connectivity index (χ4n) is 2.20. The second kappa shape index (κ2) is 7.55. The van der Waals surface area contributed by atoms with Gasteiger partial charge in [-0.3, -0.25) is 9.10 Å². The number of halogens is 2. The molecule has 24 heavy (non-hydrogen) atoms. The van der Waals surface area contributed by atoms with Crippen molar-refractivity contribution < 1.29 is 13.2 Å². The van der Waals surface area contributed by atoms with E-state index in [2.05, 4.69) is 21.2 Å². The first kappa shape index (κ1) is 18.8. The number of carbonyl (C=O) groups is 1. The lowest BCUT2D eigenvalue weighted by Crippen LogP contribution is -2.45. The molecule has 0 radical (unpaired) electrons. The Morgan fingerprint density at radius 3 is 2.29 bits per heavy atom. The van der Waals surface area contributed by atoms with Crippen LogP contribution in [0.4, 0.5) is 11.4 Å². The average molecular weight is 432 g/mol. The number of hydrogen-bond acceptors (Lipinski definition) is 3. The topological polar surface area (TPSA) is 66.5 Å². The Kier molecular flexibility index (Phi) is 5.90. The molecule has 1 atom stereocenters. The van der Waals surface area contributed by atoms with E-state index >= 15 is 0 Å². The van der Waals surface area contributed by atoms with Gasteiger partial charge < -0.3 is 5.32 Å². The van der Waals surface area contributed by atoms with Crippen LogP contribution in [-0.4, -0.2) is 26.6 Å². The number of para-hydroxylation sites is 1. The van der Waals surface area contributed by atoms with Crippen LogP contribution in [0.25, 0.3) is 0 Å². The number of carbonyl (C=O) groups excluding carboxylic acids is 1. The van der Waals surface area contributed by atoms with E-state index in [4.69, 9.17) is 11.6 Å². The zero-order valence-corrected chi connectivity index (χ0v) is 16.2. The molecule has 2 aromatic rings. The van der Waals surface area contributed by atoms with Crippen LogP contribution in [0.5, 0.6) is 0 Å². The monoisotopic (exact) mass is 430 g/mol. The Labute approximate surface area is 154 Å². The molecule has 128 valence electrons. The third-order valence-corrected chi connectivity index (χ3v) is 5.49. The van der Waals surface area contributed by atoms with Crippen molar-refractivity contribution in [1.29, 1.82) is 0 Å². The molecule has 2 rings (SSSR count). The van der Waals surface area contributed by atoms with Crippen molar-refractivity contribution in [2.75, 3.05) is 15.9 Å². The lowest BCUT2D eigenvalue weighted by Gasteiger charge is -2.28. The maximum atomic E-state index is 12.5. The normalized spacial score (nSPS) is 12.5. The standard InChI is InChI=1S/C16H16BrClN2O3S/c1-11(16(21)19-15-6-4-3-5-14(15)17)20(24(2,22)23)13-9-7-12(18)8-10-13/h3-11H,1-2H3,(H,19,21)/t11-/m0/s1. The molecule has 0 bridgehead atoms. The van der Waals surface area contributed by atoms with E-state index in [1.54, 1.807) is 42.5 Å². The van der Waals surface area contributed by atoms with E-state index in [0.29, 0.717) is 20.9 Å². The van der Waals surface area contributed by atoms with Crippen LogP contribution < -0.4 is 9.62 Å². The molecule has 0 unspecified atom stereocenters. The Morgan fingerprint density at radius 2 is 1.75 bits per heavy atom. The molecule has 0 saturated carbocycles. The molecule has 0 spiro atoms. The lowest BCUT2D eigenvalue weighted by atomic mass is 10.2. The molecular formula is C16H16BrClN2O3S. The van der Waals surface area contributed by atoms with Crippen LogP contribution in [0.3, 0.4) is 0 Å². The molecule has 2 aromatic carbocycles. The van der Waals surface area contributed by atoms with Crippen molar-refractivity contribution in [3.63, 3.8) is 0 Å². The fraction of sp³-hybridized carbons (Fsp3) is 0.188. The number of sulfonamides is 1. The molecule has 8 heteroatoms. The lowest BCUT2D eigenvalue weighted by molar-refractivity contribution is -0.116. The molecule has 0 aliphatic heterocycles. The quantitative estimate of drug-likeness (QED) is 0.781. The minimum atomic E-state index is -3.66. The average Bonchev–Trinajstić information content (AvgIpc) is 2.50. The van der Waals surface area contributed by atoms with Crippen molar-refractivity contribution in [3.8, 4) is 0 Å². The molecule has 1 amide bonds. The summed E-state index contributed by atoms with van der Waals surface area (Å²) in [4.78, 5) is 12.5. The minimum absolute atomic E-state index is 0.372. The summed E-state index contributed by atoms with van der Waals surface area (Å²) < 4.78 is 26.1. The zero-order valence-electron chi connectivity index (χ0n) is 13.0. The molecule has 0 aliphatic carbocycles. The molecule has 0 heterocycles. The largest absolute Gasteiger partial charge is 0.323 e. The Hall–Kier alpha value is -1.57. The van der Waals surface area contributed by atoms with Gasteiger partial charge in [0, 0.05) is 9.50 Å². The van der Waals surface area contributed by atoms with Crippen molar-refractivity contribution in [3.05, 3.63) is 58.0 Å². The molecule has 1 N–H and O–H groups in total. The van der Waals surface area contributed by atoms with Crippen LogP contribution in [0.2, 0.25) is 5.02 Å². The van der Waals surface area contributed by atoms with Crippen LogP contribution in [0.15, 0.2) is 53.0 Å². The number of anilines is 2. The highest BCUT2D eigenvalue weighted by Gasteiger charge is 2.29. The second-order valence-electron chi connectivity index (χ2n) is 5.18. The number of nitrogens with zero attached hydrogens (tertiary/aromatic N) is 1. The molecule has 0 fully saturated rings. The number of nitrogens with one attached hydrogen (secondary N) is 1. The van der Waals surface area contributed by atoms with Gasteiger partial charge in [0.25, 0.3) is 0 Å². The van der Waals surface area contributed by atoms with Gasteiger partial charge in [-0.2, -0.15) is 0 Å². The Morgan fingerprint density at radius 1 is 1.17 bits per heavy atom. The first-order valence-corrected chi connectivity index (χ1v) is 10.0. The van der Waals surface area contributed by atoms with E-state index in [1.807, 2.05) is 6.07 Å². The van der Waals surface area contributed by atoms with E-state index in [1.165, 1.54) is 6.92 Å². The maximum Gasteiger partial charge on any atom is 0.248 e. The maximum absolute atomic E-state index is 12.5. The van der Waals surface area contributed by atoms with Gasteiger partial charge in [-0.25, -0.2) is 8.42 Å². The van der Waals surface area contributed by atoms with Crippen LogP contribution in [0.1, 0.15) is 6.92 Å². The number of rotatable bonds is 5. The summed E-state index contributed by atoms with van der Waals surface area (Å²) in [7, 11) is -3.66. The van der Waals surface area contributed by atoms with E-state index < -0.39 is 22.0 Å². The van der Waals surface area contributed by atoms with Crippen molar-refractivity contribution in [2.24, 2.45) is 0 Å². The highest BCUT2D eigenvalue weighted by Crippen LogP contribution is 2.25. The molecule has 0 aliphatic rings. The van der Waals surface area contributed by atoms with Gasteiger partial charge in [0.05, 0.1) is 17.6 Å². The number of amides is 1.